The van der Waals surface area contributed by atoms with Crippen molar-refractivity contribution in [1.82, 2.24) is 10.3 Å². The lowest BCUT2D eigenvalue weighted by atomic mass is 10.0. The maximum Gasteiger partial charge on any atom is 0.0758 e. The van der Waals surface area contributed by atoms with Crippen molar-refractivity contribution in [3.63, 3.8) is 0 Å². The molecule has 0 aliphatic carbocycles. The minimum atomic E-state index is 0.133. The van der Waals surface area contributed by atoms with Gasteiger partial charge in [0.05, 0.1) is 22.3 Å². The predicted octanol–water partition coefficient (Wildman–Crippen LogP) is 4.08. The summed E-state index contributed by atoms with van der Waals surface area (Å²) in [5, 5.41) is 5.27. The number of nitrogens with zero attached hydrogens (tertiary/aromatic N) is 1. The van der Waals surface area contributed by atoms with Crippen LogP contribution in [0.5, 0.6) is 0 Å². The van der Waals surface area contributed by atoms with E-state index >= 15 is 0 Å². The van der Waals surface area contributed by atoms with Gasteiger partial charge in [0, 0.05) is 11.9 Å². The minimum absolute atomic E-state index is 0.133. The van der Waals surface area contributed by atoms with Gasteiger partial charge in [0.15, 0.2) is 0 Å². The number of halogens is 1. The second-order valence-electron chi connectivity index (χ2n) is 5.06. The smallest absolute Gasteiger partial charge is 0.0758 e. The number of benzene rings is 2. The van der Waals surface area contributed by atoms with Gasteiger partial charge in [0.1, 0.15) is 0 Å². The van der Waals surface area contributed by atoms with Crippen LogP contribution in [0.25, 0.3) is 10.9 Å². The zero-order chi connectivity index (χ0) is 13.5. The summed E-state index contributed by atoms with van der Waals surface area (Å²) in [5.74, 6) is 0. The lowest BCUT2D eigenvalue weighted by Gasteiger charge is -2.13. The van der Waals surface area contributed by atoms with Gasteiger partial charge in [-0.3, -0.25) is 4.98 Å². The van der Waals surface area contributed by atoms with E-state index in [9.17, 15) is 0 Å². The van der Waals surface area contributed by atoms with Crippen LogP contribution >= 0.6 is 11.6 Å². The van der Waals surface area contributed by atoms with Crippen molar-refractivity contribution in [2.45, 2.75) is 12.6 Å². The molecule has 0 bridgehead atoms. The summed E-state index contributed by atoms with van der Waals surface area (Å²) < 4.78 is 0. The molecule has 1 aliphatic rings. The quantitative estimate of drug-likeness (QED) is 0.726. The van der Waals surface area contributed by atoms with Crippen molar-refractivity contribution < 1.29 is 0 Å². The molecule has 0 fully saturated rings. The highest BCUT2D eigenvalue weighted by Gasteiger charge is 2.24. The monoisotopic (exact) mass is 280 g/mol. The Labute approximate surface area is 122 Å². The maximum absolute atomic E-state index is 6.40. The summed E-state index contributed by atoms with van der Waals surface area (Å²) in [6, 6.07) is 18.6. The van der Waals surface area contributed by atoms with Crippen molar-refractivity contribution >= 4 is 22.5 Å². The number of pyridine rings is 1. The number of aromatic nitrogens is 1. The molecule has 2 nitrogen and oxygen atoms in total. The highest BCUT2D eigenvalue weighted by Crippen LogP contribution is 2.32. The van der Waals surface area contributed by atoms with Gasteiger partial charge in [-0.1, -0.05) is 54.1 Å². The summed E-state index contributed by atoms with van der Waals surface area (Å²) >= 11 is 6.40. The molecule has 0 saturated carbocycles. The molecule has 1 atom stereocenters. The molecule has 0 saturated heterocycles. The van der Waals surface area contributed by atoms with Crippen LogP contribution < -0.4 is 5.32 Å². The Morgan fingerprint density at radius 1 is 1.05 bits per heavy atom. The van der Waals surface area contributed by atoms with Crippen LogP contribution in [0.2, 0.25) is 5.02 Å². The Hall–Kier alpha value is -1.90. The number of rotatable bonds is 1. The van der Waals surface area contributed by atoms with E-state index in [2.05, 4.69) is 29.6 Å². The molecule has 1 aromatic heterocycles. The van der Waals surface area contributed by atoms with Crippen LogP contribution in [-0.2, 0) is 6.54 Å². The van der Waals surface area contributed by atoms with Crippen LogP contribution in [0.3, 0.4) is 0 Å². The second kappa shape index (κ2) is 4.58. The standard InChI is InChI=1S/C17H13ClN2/c18-14-9-16(20-15-8-4-3-7-13(14)15)17-12-6-2-1-5-11(12)10-19-17/h1-9,17,19H,10H2. The molecule has 2 aromatic carbocycles. The number of hydrogen-bond acceptors (Lipinski definition) is 2. The van der Waals surface area contributed by atoms with Gasteiger partial charge in [-0.25, -0.2) is 0 Å². The summed E-state index contributed by atoms with van der Waals surface area (Å²) in [4.78, 5) is 4.77. The van der Waals surface area contributed by atoms with E-state index in [-0.39, 0.29) is 6.04 Å². The Bertz CT molecular complexity index is 798. The molecule has 20 heavy (non-hydrogen) atoms. The molecule has 0 amide bonds. The van der Waals surface area contributed by atoms with Crippen LogP contribution in [0, 0.1) is 0 Å². The molecule has 0 radical (unpaired) electrons. The topological polar surface area (TPSA) is 24.9 Å². The first kappa shape index (κ1) is 11.9. The predicted molar refractivity (Wildman–Crippen MR) is 81.9 cm³/mol. The molecular formula is C17H13ClN2. The second-order valence-corrected chi connectivity index (χ2v) is 5.47. The minimum Gasteiger partial charge on any atom is -0.301 e. The third-order valence-corrected chi connectivity index (χ3v) is 4.16. The van der Waals surface area contributed by atoms with Gasteiger partial charge in [-0.15, -0.1) is 0 Å². The van der Waals surface area contributed by atoms with Gasteiger partial charge in [0.2, 0.25) is 0 Å². The summed E-state index contributed by atoms with van der Waals surface area (Å²) in [5.41, 5.74) is 4.56. The lowest BCUT2D eigenvalue weighted by Crippen LogP contribution is -2.14. The first-order chi connectivity index (χ1) is 9.83. The molecule has 3 heteroatoms. The van der Waals surface area contributed by atoms with Gasteiger partial charge < -0.3 is 5.32 Å². The molecule has 2 heterocycles. The molecule has 1 N–H and O–H groups in total. The average molecular weight is 281 g/mol. The number of nitrogens with one attached hydrogen (secondary N) is 1. The third-order valence-electron chi connectivity index (χ3n) is 3.84. The van der Waals surface area contributed by atoms with Crippen molar-refractivity contribution in [3.05, 3.63) is 76.4 Å². The SMILES string of the molecule is Clc1cc(C2NCc3ccccc32)nc2ccccc12. The third kappa shape index (κ3) is 1.80. The lowest BCUT2D eigenvalue weighted by molar-refractivity contribution is 0.653. The first-order valence-electron chi connectivity index (χ1n) is 6.69. The largest absolute Gasteiger partial charge is 0.301 e. The zero-order valence-electron chi connectivity index (χ0n) is 10.8. The number of para-hydroxylation sites is 1. The number of fused-ring (bicyclic) bond motifs is 2. The maximum atomic E-state index is 6.40. The summed E-state index contributed by atoms with van der Waals surface area (Å²) in [6.07, 6.45) is 0. The van der Waals surface area contributed by atoms with Gasteiger partial charge >= 0.3 is 0 Å². The zero-order valence-corrected chi connectivity index (χ0v) is 11.6. The fourth-order valence-corrected chi connectivity index (χ4v) is 3.13. The molecule has 0 spiro atoms. The van der Waals surface area contributed by atoms with E-state index < -0.39 is 0 Å². The van der Waals surface area contributed by atoms with E-state index in [1.807, 2.05) is 30.3 Å². The van der Waals surface area contributed by atoms with Crippen LogP contribution in [0.15, 0.2) is 54.6 Å². The Kier molecular flexibility index (Phi) is 2.72. The van der Waals surface area contributed by atoms with Crippen LogP contribution in [0.4, 0.5) is 0 Å². The molecule has 98 valence electrons. The van der Waals surface area contributed by atoms with E-state index in [1.165, 1.54) is 11.1 Å². The van der Waals surface area contributed by atoms with Gasteiger partial charge in [0.25, 0.3) is 0 Å². The normalized spacial score (nSPS) is 17.4. The van der Waals surface area contributed by atoms with Gasteiger partial charge in [-0.05, 0) is 23.3 Å². The molecular weight excluding hydrogens is 268 g/mol. The molecule has 4 rings (SSSR count). The fraction of sp³-hybridized carbons (Fsp3) is 0.118. The van der Waals surface area contributed by atoms with Gasteiger partial charge in [-0.2, -0.15) is 0 Å². The van der Waals surface area contributed by atoms with Crippen molar-refractivity contribution in [3.8, 4) is 0 Å². The Balaban J connectivity index is 1.88. The van der Waals surface area contributed by atoms with E-state index in [1.54, 1.807) is 0 Å². The summed E-state index contributed by atoms with van der Waals surface area (Å²) in [7, 11) is 0. The van der Waals surface area contributed by atoms with Crippen LogP contribution in [0.1, 0.15) is 22.9 Å². The van der Waals surface area contributed by atoms with Crippen molar-refractivity contribution in [2.24, 2.45) is 0 Å². The fourth-order valence-electron chi connectivity index (χ4n) is 2.86. The van der Waals surface area contributed by atoms with E-state index in [0.29, 0.717) is 0 Å². The summed E-state index contributed by atoms with van der Waals surface area (Å²) in [6.45, 7) is 0.882. The Morgan fingerprint density at radius 2 is 1.85 bits per heavy atom. The molecule has 1 unspecified atom stereocenters. The van der Waals surface area contributed by atoms with Crippen LogP contribution in [-0.4, -0.2) is 4.98 Å². The highest BCUT2D eigenvalue weighted by atomic mass is 35.5. The van der Waals surface area contributed by atoms with Crippen molar-refractivity contribution in [2.75, 3.05) is 0 Å². The van der Waals surface area contributed by atoms with Crippen molar-refractivity contribution in [1.29, 1.82) is 0 Å². The highest BCUT2D eigenvalue weighted by molar-refractivity contribution is 6.35. The first-order valence-corrected chi connectivity index (χ1v) is 7.07. The average Bonchev–Trinajstić information content (AvgIpc) is 2.91. The number of hydrogen-bond donors (Lipinski definition) is 1. The van der Waals surface area contributed by atoms with E-state index in [4.69, 9.17) is 16.6 Å². The van der Waals surface area contributed by atoms with E-state index in [0.717, 1.165) is 28.2 Å². The molecule has 3 aromatic rings. The Morgan fingerprint density at radius 3 is 2.80 bits per heavy atom. The molecule has 1 aliphatic heterocycles.